The highest BCUT2D eigenvalue weighted by Crippen LogP contribution is 2.42. The summed E-state index contributed by atoms with van der Waals surface area (Å²) in [6.45, 7) is 0. The van der Waals surface area contributed by atoms with Crippen molar-refractivity contribution in [1.82, 2.24) is 4.90 Å². The number of carboxylic acid groups (broad SMARTS) is 1. The number of amides is 1. The Kier molecular flexibility index (Phi) is 3.69. The van der Waals surface area contributed by atoms with Gasteiger partial charge < -0.3 is 10.0 Å². The zero-order valence-electron chi connectivity index (χ0n) is 10.7. The molecule has 2 aliphatic rings. The molecule has 106 valence electrons. The van der Waals surface area contributed by atoms with Crippen molar-refractivity contribution < 1.29 is 14.7 Å². The summed E-state index contributed by atoms with van der Waals surface area (Å²) in [5.41, 5.74) is 0. The molecule has 1 amide bonds. The van der Waals surface area contributed by atoms with Crippen molar-refractivity contribution in [2.45, 2.75) is 31.3 Å². The number of halogens is 1. The van der Waals surface area contributed by atoms with Gasteiger partial charge in [-0.05, 0) is 58.6 Å². The quantitative estimate of drug-likeness (QED) is 0.848. The number of thiophene rings is 1. The normalized spacial score (nSPS) is 28.4. The van der Waals surface area contributed by atoms with Gasteiger partial charge in [-0.2, -0.15) is 0 Å². The van der Waals surface area contributed by atoms with Crippen LogP contribution in [0.3, 0.4) is 0 Å². The first-order valence-electron chi connectivity index (χ1n) is 6.54. The van der Waals surface area contributed by atoms with Gasteiger partial charge in [0.15, 0.2) is 0 Å². The number of carbonyl (C=O) groups excluding carboxylic acids is 1. The van der Waals surface area contributed by atoms with Crippen LogP contribution >= 0.6 is 27.3 Å². The van der Waals surface area contributed by atoms with Gasteiger partial charge in [0.1, 0.15) is 6.04 Å². The zero-order chi connectivity index (χ0) is 14.3. The molecule has 3 atom stereocenters. The number of aliphatic carboxylic acids is 1. The lowest BCUT2D eigenvalue weighted by Crippen LogP contribution is -2.48. The van der Waals surface area contributed by atoms with Gasteiger partial charge in [-0.3, -0.25) is 4.79 Å². The molecule has 20 heavy (non-hydrogen) atoms. The second kappa shape index (κ2) is 5.33. The van der Waals surface area contributed by atoms with Gasteiger partial charge in [-0.15, -0.1) is 11.3 Å². The molecule has 3 unspecified atom stereocenters. The highest BCUT2D eigenvalue weighted by molar-refractivity contribution is 9.10. The molecular formula is C14H14BrNO3S. The molecule has 4 nitrogen and oxygen atoms in total. The Labute approximate surface area is 129 Å². The minimum absolute atomic E-state index is 0.102. The van der Waals surface area contributed by atoms with Crippen molar-refractivity contribution in [3.05, 3.63) is 26.9 Å². The maximum Gasteiger partial charge on any atom is 0.326 e. The number of hydrogen-bond donors (Lipinski definition) is 1. The summed E-state index contributed by atoms with van der Waals surface area (Å²) in [5.74, 6) is -0.940. The summed E-state index contributed by atoms with van der Waals surface area (Å²) >= 11 is 4.94. The smallest absolute Gasteiger partial charge is 0.326 e. The van der Waals surface area contributed by atoms with E-state index in [1.54, 1.807) is 11.0 Å². The molecule has 1 aromatic rings. The van der Waals surface area contributed by atoms with E-state index in [4.69, 9.17) is 0 Å². The van der Waals surface area contributed by atoms with E-state index in [0.29, 0.717) is 0 Å². The van der Waals surface area contributed by atoms with Gasteiger partial charge in [0, 0.05) is 21.5 Å². The van der Waals surface area contributed by atoms with Gasteiger partial charge >= 0.3 is 5.97 Å². The lowest BCUT2D eigenvalue weighted by Gasteiger charge is -2.31. The molecule has 6 heteroatoms. The van der Waals surface area contributed by atoms with Crippen LogP contribution in [0.1, 0.15) is 24.1 Å². The summed E-state index contributed by atoms with van der Waals surface area (Å²) in [5, 5.41) is 11.3. The zero-order valence-corrected chi connectivity index (χ0v) is 13.1. The average molecular weight is 356 g/mol. The maximum absolute atomic E-state index is 12.3. The van der Waals surface area contributed by atoms with Crippen LogP contribution in [0.15, 0.2) is 22.0 Å². The first-order chi connectivity index (χ1) is 9.58. The third-order valence-electron chi connectivity index (χ3n) is 4.11. The van der Waals surface area contributed by atoms with Crippen LogP contribution in [0, 0.1) is 5.92 Å². The van der Waals surface area contributed by atoms with Crippen molar-refractivity contribution in [3.8, 4) is 0 Å². The van der Waals surface area contributed by atoms with E-state index in [0.717, 1.165) is 28.6 Å². The Bertz CT molecular complexity index is 583. The van der Waals surface area contributed by atoms with E-state index < -0.39 is 12.0 Å². The summed E-state index contributed by atoms with van der Waals surface area (Å²) in [7, 11) is 0. The summed E-state index contributed by atoms with van der Waals surface area (Å²) in [4.78, 5) is 26.2. The van der Waals surface area contributed by atoms with E-state index in [9.17, 15) is 14.7 Å². The summed E-state index contributed by atoms with van der Waals surface area (Å²) in [6, 6.07) is 1.38. The number of rotatable bonds is 3. The minimum Gasteiger partial charge on any atom is -0.480 e. The predicted octanol–water partition coefficient (Wildman–Crippen LogP) is 2.99. The minimum atomic E-state index is -0.878. The average Bonchev–Trinajstić information content (AvgIpc) is 3.10. The van der Waals surface area contributed by atoms with Crippen LogP contribution in [0.2, 0.25) is 0 Å². The van der Waals surface area contributed by atoms with Gasteiger partial charge in [-0.1, -0.05) is 0 Å². The number of piperidine rings is 1. The number of carbonyl (C=O) groups is 2. The van der Waals surface area contributed by atoms with Gasteiger partial charge in [0.05, 0.1) is 0 Å². The van der Waals surface area contributed by atoms with E-state index >= 15 is 0 Å². The fourth-order valence-electron chi connectivity index (χ4n) is 3.28. The number of fused-ring (bicyclic) bond motifs is 2. The van der Waals surface area contributed by atoms with Gasteiger partial charge in [0.2, 0.25) is 5.91 Å². The standard InChI is InChI=1S/C14H14BrNO3S/c15-10-5-6-20-11(10)3-4-12(17)16-9-2-1-8(7-9)13(16)14(18)19/h3-6,8-9,13H,1-2,7H2,(H,18,19)/b4-3+. The maximum atomic E-state index is 12.3. The van der Waals surface area contributed by atoms with E-state index in [-0.39, 0.29) is 17.9 Å². The second-order valence-electron chi connectivity index (χ2n) is 5.22. The molecule has 0 aromatic carbocycles. The lowest BCUT2D eigenvalue weighted by atomic mass is 9.99. The number of carboxylic acids is 1. The predicted molar refractivity (Wildman–Crippen MR) is 80.5 cm³/mol. The summed E-state index contributed by atoms with van der Waals surface area (Å²) in [6.07, 6.45) is 5.93. The van der Waals surface area contributed by atoms with Crippen LogP contribution in [0.25, 0.3) is 6.08 Å². The van der Waals surface area contributed by atoms with Crippen molar-refractivity contribution in [2.24, 2.45) is 5.92 Å². The van der Waals surface area contributed by atoms with Crippen LogP contribution in [-0.4, -0.2) is 34.0 Å². The van der Waals surface area contributed by atoms with Gasteiger partial charge in [-0.25, -0.2) is 4.79 Å². The number of likely N-dealkylation sites (tertiary alicyclic amines) is 1. The van der Waals surface area contributed by atoms with Crippen molar-refractivity contribution in [2.75, 3.05) is 0 Å². The third kappa shape index (κ3) is 2.31. The molecule has 2 heterocycles. The molecule has 1 aliphatic heterocycles. The molecule has 1 saturated heterocycles. The molecular weight excluding hydrogens is 342 g/mol. The molecule has 2 fully saturated rings. The molecule has 3 rings (SSSR count). The van der Waals surface area contributed by atoms with Crippen LogP contribution in [-0.2, 0) is 9.59 Å². The molecule has 2 bridgehead atoms. The van der Waals surface area contributed by atoms with Crippen LogP contribution < -0.4 is 0 Å². The first-order valence-corrected chi connectivity index (χ1v) is 8.21. The van der Waals surface area contributed by atoms with Crippen molar-refractivity contribution in [3.63, 3.8) is 0 Å². The SMILES string of the molecule is O=C(O)C1C2CCC(C2)N1C(=O)/C=C/c1sccc1Br. The Morgan fingerprint density at radius 1 is 1.45 bits per heavy atom. The molecule has 1 N–H and O–H groups in total. The number of hydrogen-bond acceptors (Lipinski definition) is 3. The summed E-state index contributed by atoms with van der Waals surface area (Å²) < 4.78 is 0.948. The third-order valence-corrected chi connectivity index (χ3v) is 5.95. The van der Waals surface area contributed by atoms with E-state index in [1.165, 1.54) is 17.4 Å². The largest absolute Gasteiger partial charge is 0.480 e. The lowest BCUT2D eigenvalue weighted by molar-refractivity contribution is -0.150. The Balaban J connectivity index is 1.78. The highest BCUT2D eigenvalue weighted by atomic mass is 79.9. The highest BCUT2D eigenvalue weighted by Gasteiger charge is 2.50. The van der Waals surface area contributed by atoms with E-state index in [1.807, 2.05) is 11.4 Å². The fourth-order valence-corrected chi connectivity index (χ4v) is 4.68. The fraction of sp³-hybridized carbons (Fsp3) is 0.429. The molecule has 1 aliphatic carbocycles. The van der Waals surface area contributed by atoms with Crippen molar-refractivity contribution >= 4 is 45.2 Å². The van der Waals surface area contributed by atoms with Crippen LogP contribution in [0.5, 0.6) is 0 Å². The van der Waals surface area contributed by atoms with Crippen molar-refractivity contribution in [1.29, 1.82) is 0 Å². The Morgan fingerprint density at radius 3 is 2.90 bits per heavy atom. The molecule has 0 spiro atoms. The number of nitrogens with zero attached hydrogens (tertiary/aromatic N) is 1. The second-order valence-corrected chi connectivity index (χ2v) is 7.02. The Morgan fingerprint density at radius 2 is 2.25 bits per heavy atom. The van der Waals surface area contributed by atoms with Gasteiger partial charge in [0.25, 0.3) is 0 Å². The first kappa shape index (κ1) is 13.8. The topological polar surface area (TPSA) is 57.6 Å². The molecule has 1 aromatic heterocycles. The van der Waals surface area contributed by atoms with Crippen LogP contribution in [0.4, 0.5) is 0 Å². The Hall–Kier alpha value is -1.14. The molecule has 1 saturated carbocycles. The molecule has 0 radical (unpaired) electrons. The monoisotopic (exact) mass is 355 g/mol. The van der Waals surface area contributed by atoms with E-state index in [2.05, 4.69) is 15.9 Å².